The summed E-state index contributed by atoms with van der Waals surface area (Å²) in [7, 11) is 0. The molecule has 2 aromatic heterocycles. The average molecular weight is 252 g/mol. The third-order valence-electron chi connectivity index (χ3n) is 3.12. The first-order valence-electron chi connectivity index (χ1n) is 5.97. The first-order chi connectivity index (χ1) is 9.29. The number of hydrogen-bond acceptors (Lipinski definition) is 3. The number of imidazole rings is 1. The van der Waals surface area contributed by atoms with Gasteiger partial charge in [0, 0.05) is 12.0 Å². The van der Waals surface area contributed by atoms with Crippen LogP contribution in [0.5, 0.6) is 5.75 Å². The summed E-state index contributed by atoms with van der Waals surface area (Å²) < 4.78 is 1.80. The number of benzene rings is 1. The third-order valence-corrected chi connectivity index (χ3v) is 3.12. The van der Waals surface area contributed by atoms with Gasteiger partial charge in [0.25, 0.3) is 0 Å². The van der Waals surface area contributed by atoms with E-state index in [0.717, 1.165) is 23.2 Å². The number of hydrogen-bond donors (Lipinski definition) is 1. The highest BCUT2D eigenvalue weighted by atomic mass is 16.3. The summed E-state index contributed by atoms with van der Waals surface area (Å²) in [5.74, 6) is 0.974. The number of phenolic OH excluding ortho intramolecular Hbond substituents is 1. The van der Waals surface area contributed by atoms with Crippen LogP contribution in [-0.4, -0.2) is 20.8 Å². The van der Waals surface area contributed by atoms with Crippen LogP contribution in [0.4, 0.5) is 0 Å². The van der Waals surface area contributed by atoms with E-state index in [2.05, 4.69) is 4.98 Å². The molecule has 0 aliphatic heterocycles. The summed E-state index contributed by atoms with van der Waals surface area (Å²) in [5.41, 5.74) is 2.21. The van der Waals surface area contributed by atoms with Gasteiger partial charge in [0.1, 0.15) is 11.6 Å². The van der Waals surface area contributed by atoms with Crippen molar-refractivity contribution < 1.29 is 9.90 Å². The summed E-state index contributed by atoms with van der Waals surface area (Å²) in [6.45, 7) is 0. The largest absolute Gasteiger partial charge is 0.508 e. The van der Waals surface area contributed by atoms with E-state index in [1.54, 1.807) is 28.8 Å². The van der Waals surface area contributed by atoms with E-state index in [1.807, 2.05) is 24.3 Å². The Morgan fingerprint density at radius 2 is 2.00 bits per heavy atom. The number of aromatic nitrogens is 2. The van der Waals surface area contributed by atoms with Gasteiger partial charge in [-0.15, -0.1) is 0 Å². The fraction of sp³-hybridized carbons (Fsp3) is 0.0667. The van der Waals surface area contributed by atoms with Gasteiger partial charge >= 0.3 is 0 Å². The van der Waals surface area contributed by atoms with E-state index in [0.29, 0.717) is 12.1 Å². The van der Waals surface area contributed by atoms with E-state index >= 15 is 0 Å². The van der Waals surface area contributed by atoms with Gasteiger partial charge in [-0.1, -0.05) is 24.3 Å². The summed E-state index contributed by atoms with van der Waals surface area (Å²) in [6, 6.07) is 12.6. The number of carbonyl (C=O) groups excluding carboxylic acids is 1. The monoisotopic (exact) mass is 252 g/mol. The molecule has 4 heteroatoms. The van der Waals surface area contributed by atoms with Gasteiger partial charge in [-0.3, -0.25) is 9.20 Å². The molecule has 0 saturated carbocycles. The lowest BCUT2D eigenvalue weighted by Crippen LogP contribution is -2.01. The number of para-hydroxylation sites is 1. The molecule has 0 aliphatic rings. The van der Waals surface area contributed by atoms with Crippen LogP contribution in [0.3, 0.4) is 0 Å². The van der Waals surface area contributed by atoms with Gasteiger partial charge in [-0.2, -0.15) is 0 Å². The standard InChI is InChI=1S/C15H12N2O2/c18-10-13-6-3-5-12-9-16-15(17(12)13)8-11-4-1-2-7-14(11)19/h1-7,9-10,19H,8H2. The maximum Gasteiger partial charge on any atom is 0.166 e. The van der Waals surface area contributed by atoms with Gasteiger partial charge in [0.2, 0.25) is 0 Å². The number of carbonyl (C=O) groups is 1. The lowest BCUT2D eigenvalue weighted by molar-refractivity contribution is 0.111. The van der Waals surface area contributed by atoms with Crippen molar-refractivity contribution in [3.8, 4) is 5.75 Å². The molecule has 0 aliphatic carbocycles. The minimum atomic E-state index is 0.239. The van der Waals surface area contributed by atoms with Crippen LogP contribution < -0.4 is 0 Å². The Kier molecular flexibility index (Phi) is 2.76. The Balaban J connectivity index is 2.11. The quantitative estimate of drug-likeness (QED) is 0.728. The van der Waals surface area contributed by atoms with Gasteiger partial charge in [0.05, 0.1) is 17.4 Å². The Labute approximate surface area is 110 Å². The fourth-order valence-corrected chi connectivity index (χ4v) is 2.19. The number of nitrogens with zero attached hydrogens (tertiary/aromatic N) is 2. The molecule has 0 fully saturated rings. The highest BCUT2D eigenvalue weighted by Gasteiger charge is 2.09. The second-order valence-electron chi connectivity index (χ2n) is 4.31. The van der Waals surface area contributed by atoms with Crippen molar-refractivity contribution in [3.05, 3.63) is 65.7 Å². The number of aldehydes is 1. The molecule has 2 heterocycles. The number of pyridine rings is 1. The van der Waals surface area contributed by atoms with Crippen LogP contribution in [0.2, 0.25) is 0 Å². The zero-order valence-corrected chi connectivity index (χ0v) is 10.2. The first-order valence-corrected chi connectivity index (χ1v) is 5.97. The highest BCUT2D eigenvalue weighted by molar-refractivity contribution is 5.74. The van der Waals surface area contributed by atoms with Gasteiger partial charge in [0.15, 0.2) is 6.29 Å². The molecular weight excluding hydrogens is 240 g/mol. The summed E-state index contributed by atoms with van der Waals surface area (Å²) in [6.07, 6.45) is 3.01. The first kappa shape index (κ1) is 11.5. The molecule has 0 spiro atoms. The summed E-state index contributed by atoms with van der Waals surface area (Å²) in [4.78, 5) is 15.4. The second kappa shape index (κ2) is 4.57. The van der Waals surface area contributed by atoms with Crippen LogP contribution in [0, 0.1) is 0 Å². The van der Waals surface area contributed by atoms with Crippen LogP contribution in [0.15, 0.2) is 48.7 Å². The second-order valence-corrected chi connectivity index (χ2v) is 4.31. The van der Waals surface area contributed by atoms with E-state index in [9.17, 15) is 9.90 Å². The molecular formula is C15H12N2O2. The van der Waals surface area contributed by atoms with Crippen LogP contribution in [-0.2, 0) is 6.42 Å². The maximum atomic E-state index is 11.1. The van der Waals surface area contributed by atoms with Gasteiger partial charge in [-0.05, 0) is 18.2 Å². The van der Waals surface area contributed by atoms with Crippen molar-refractivity contribution in [1.82, 2.24) is 9.38 Å². The minimum Gasteiger partial charge on any atom is -0.508 e. The Morgan fingerprint density at radius 1 is 1.16 bits per heavy atom. The molecule has 0 saturated heterocycles. The lowest BCUT2D eigenvalue weighted by Gasteiger charge is -2.06. The highest BCUT2D eigenvalue weighted by Crippen LogP contribution is 2.20. The van der Waals surface area contributed by atoms with Crippen molar-refractivity contribution >= 4 is 11.8 Å². The molecule has 1 N–H and O–H groups in total. The minimum absolute atomic E-state index is 0.239. The molecule has 3 aromatic rings. The molecule has 4 nitrogen and oxygen atoms in total. The summed E-state index contributed by atoms with van der Waals surface area (Å²) >= 11 is 0. The van der Waals surface area contributed by atoms with Crippen molar-refractivity contribution in [2.24, 2.45) is 0 Å². The maximum absolute atomic E-state index is 11.1. The number of phenols is 1. The van der Waals surface area contributed by atoms with E-state index in [-0.39, 0.29) is 5.75 Å². The van der Waals surface area contributed by atoms with E-state index in [4.69, 9.17) is 0 Å². The molecule has 3 rings (SSSR count). The van der Waals surface area contributed by atoms with Crippen LogP contribution >= 0.6 is 0 Å². The third kappa shape index (κ3) is 1.97. The summed E-state index contributed by atoms with van der Waals surface area (Å²) in [5, 5.41) is 9.80. The molecule has 0 amide bonds. The Bertz CT molecular complexity index is 747. The van der Waals surface area contributed by atoms with Crippen molar-refractivity contribution in [2.45, 2.75) is 6.42 Å². The number of aromatic hydroxyl groups is 1. The van der Waals surface area contributed by atoms with Crippen molar-refractivity contribution in [3.63, 3.8) is 0 Å². The molecule has 1 aromatic carbocycles. The topological polar surface area (TPSA) is 54.6 Å². The SMILES string of the molecule is O=Cc1cccc2cnc(Cc3ccccc3O)n12. The Morgan fingerprint density at radius 3 is 2.79 bits per heavy atom. The van der Waals surface area contributed by atoms with E-state index in [1.165, 1.54) is 0 Å². The molecule has 0 atom stereocenters. The van der Waals surface area contributed by atoms with E-state index < -0.39 is 0 Å². The van der Waals surface area contributed by atoms with Crippen molar-refractivity contribution in [1.29, 1.82) is 0 Å². The number of fused-ring (bicyclic) bond motifs is 1. The molecule has 0 bridgehead atoms. The molecule has 19 heavy (non-hydrogen) atoms. The lowest BCUT2D eigenvalue weighted by atomic mass is 10.1. The molecule has 94 valence electrons. The van der Waals surface area contributed by atoms with Crippen LogP contribution in [0.25, 0.3) is 5.52 Å². The number of rotatable bonds is 3. The zero-order valence-electron chi connectivity index (χ0n) is 10.2. The van der Waals surface area contributed by atoms with Gasteiger partial charge in [-0.25, -0.2) is 4.98 Å². The Hall–Kier alpha value is -2.62. The predicted molar refractivity (Wildman–Crippen MR) is 71.5 cm³/mol. The normalized spacial score (nSPS) is 10.7. The smallest absolute Gasteiger partial charge is 0.166 e. The molecule has 0 radical (unpaired) electrons. The fourth-order valence-electron chi connectivity index (χ4n) is 2.19. The zero-order chi connectivity index (χ0) is 13.2. The predicted octanol–water partition coefficient (Wildman–Crippen LogP) is 2.44. The van der Waals surface area contributed by atoms with Crippen LogP contribution in [0.1, 0.15) is 21.9 Å². The average Bonchev–Trinajstić information content (AvgIpc) is 2.85. The molecule has 0 unspecified atom stereocenters. The van der Waals surface area contributed by atoms with Crippen molar-refractivity contribution in [2.75, 3.05) is 0 Å². The van der Waals surface area contributed by atoms with Gasteiger partial charge < -0.3 is 5.11 Å².